The first-order valence-corrected chi connectivity index (χ1v) is 7.62. The highest BCUT2D eigenvalue weighted by atomic mass is 79.9. The monoisotopic (exact) mass is 344 g/mol. The van der Waals surface area contributed by atoms with Gasteiger partial charge in [0, 0.05) is 22.6 Å². The third-order valence-corrected chi connectivity index (χ3v) is 4.47. The summed E-state index contributed by atoms with van der Waals surface area (Å²) in [5, 5.41) is 0. The Balaban J connectivity index is 2.32. The lowest BCUT2D eigenvalue weighted by Crippen LogP contribution is -2.49. The number of rotatable bonds is 3. The van der Waals surface area contributed by atoms with Crippen LogP contribution in [-0.2, 0) is 0 Å². The molecule has 6 heteroatoms. The maximum absolute atomic E-state index is 14.1. The smallest absolute Gasteiger partial charge is 0.128 e. The van der Waals surface area contributed by atoms with Gasteiger partial charge in [0.25, 0.3) is 0 Å². The Morgan fingerprint density at radius 2 is 2.15 bits per heavy atom. The van der Waals surface area contributed by atoms with Gasteiger partial charge in [-0.05, 0) is 51.8 Å². The fourth-order valence-electron chi connectivity index (χ4n) is 2.83. The number of nitrogens with zero attached hydrogens (tertiary/aromatic N) is 2. The molecule has 112 valence electrons. The van der Waals surface area contributed by atoms with Crippen LogP contribution >= 0.6 is 15.9 Å². The molecular weight excluding hydrogens is 323 g/mol. The van der Waals surface area contributed by atoms with Crippen molar-refractivity contribution in [3.63, 3.8) is 0 Å². The zero-order valence-corrected chi connectivity index (χ0v) is 13.5. The van der Waals surface area contributed by atoms with Gasteiger partial charge in [-0.25, -0.2) is 4.39 Å². The third-order valence-electron chi connectivity index (χ3n) is 3.97. The van der Waals surface area contributed by atoms with Crippen LogP contribution in [0.2, 0.25) is 0 Å². The van der Waals surface area contributed by atoms with Crippen molar-refractivity contribution in [3.05, 3.63) is 34.1 Å². The number of nitrogens with two attached hydrogens (primary N) is 1. The fourth-order valence-corrected chi connectivity index (χ4v) is 3.21. The topological polar surface area (TPSA) is 44.5 Å². The molecule has 2 rings (SSSR count). The van der Waals surface area contributed by atoms with Gasteiger partial charge in [0.15, 0.2) is 0 Å². The lowest BCUT2D eigenvalue weighted by Gasteiger charge is -2.34. The maximum atomic E-state index is 14.1. The highest BCUT2D eigenvalue weighted by Crippen LogP contribution is 2.27. The number of hydrazine groups is 1. The van der Waals surface area contributed by atoms with E-state index in [1.807, 2.05) is 0 Å². The van der Waals surface area contributed by atoms with Crippen LogP contribution in [0.25, 0.3) is 0 Å². The summed E-state index contributed by atoms with van der Waals surface area (Å²) < 4.78 is 15.0. The van der Waals surface area contributed by atoms with Crippen molar-refractivity contribution >= 4 is 15.9 Å². The van der Waals surface area contributed by atoms with Gasteiger partial charge in [0.1, 0.15) is 5.82 Å². The molecule has 0 aromatic heterocycles. The Morgan fingerprint density at radius 3 is 2.85 bits per heavy atom. The molecule has 0 saturated carbocycles. The summed E-state index contributed by atoms with van der Waals surface area (Å²) in [6, 6.07) is 4.88. The Bertz CT molecular complexity index is 457. The molecule has 0 amide bonds. The van der Waals surface area contributed by atoms with E-state index in [9.17, 15) is 4.39 Å². The third kappa shape index (κ3) is 3.56. The first-order chi connectivity index (χ1) is 9.52. The van der Waals surface area contributed by atoms with E-state index >= 15 is 0 Å². The van der Waals surface area contributed by atoms with Crippen LogP contribution < -0.4 is 11.3 Å². The molecule has 1 aromatic carbocycles. The molecule has 0 aliphatic carbocycles. The molecule has 20 heavy (non-hydrogen) atoms. The molecule has 0 spiro atoms. The minimum atomic E-state index is -0.238. The Morgan fingerprint density at radius 1 is 1.40 bits per heavy atom. The number of hydrogen-bond acceptors (Lipinski definition) is 4. The van der Waals surface area contributed by atoms with E-state index in [2.05, 4.69) is 45.3 Å². The molecule has 0 radical (unpaired) electrons. The molecule has 1 aliphatic rings. The summed E-state index contributed by atoms with van der Waals surface area (Å²) in [6.45, 7) is 2.90. The van der Waals surface area contributed by atoms with Crippen LogP contribution in [0.5, 0.6) is 0 Å². The maximum Gasteiger partial charge on any atom is 0.128 e. The van der Waals surface area contributed by atoms with Crippen LogP contribution in [0.3, 0.4) is 0 Å². The van der Waals surface area contributed by atoms with Gasteiger partial charge in [-0.15, -0.1) is 0 Å². The first kappa shape index (κ1) is 15.9. The van der Waals surface area contributed by atoms with Crippen molar-refractivity contribution in [2.45, 2.75) is 18.5 Å². The average molecular weight is 345 g/mol. The normalized spacial score (nSPS) is 23.6. The van der Waals surface area contributed by atoms with Gasteiger partial charge in [0.2, 0.25) is 0 Å². The van der Waals surface area contributed by atoms with Crippen LogP contribution in [0, 0.1) is 5.82 Å². The van der Waals surface area contributed by atoms with Crippen molar-refractivity contribution in [2.24, 2.45) is 5.84 Å². The Kier molecular flexibility index (Phi) is 5.51. The standard InChI is InChI=1S/C14H22BrFN4/c1-19-6-3-7-20(2)13(9-19)14(18-17)11-8-10(15)4-5-12(11)16/h4-5,8,13-14,18H,3,6-7,9,17H2,1-2H3. The number of benzene rings is 1. The molecule has 1 fully saturated rings. The van der Waals surface area contributed by atoms with Crippen molar-refractivity contribution in [1.82, 2.24) is 15.2 Å². The zero-order chi connectivity index (χ0) is 14.7. The van der Waals surface area contributed by atoms with E-state index in [1.54, 1.807) is 12.1 Å². The lowest BCUT2D eigenvalue weighted by atomic mass is 9.98. The van der Waals surface area contributed by atoms with Gasteiger partial charge < -0.3 is 9.80 Å². The summed E-state index contributed by atoms with van der Waals surface area (Å²) in [6.07, 6.45) is 1.11. The molecule has 3 N–H and O–H groups in total. The quantitative estimate of drug-likeness (QED) is 0.647. The lowest BCUT2D eigenvalue weighted by molar-refractivity contribution is 0.176. The van der Waals surface area contributed by atoms with E-state index < -0.39 is 0 Å². The van der Waals surface area contributed by atoms with Crippen LogP contribution in [-0.4, -0.2) is 49.6 Å². The van der Waals surface area contributed by atoms with Crippen molar-refractivity contribution < 1.29 is 4.39 Å². The van der Waals surface area contributed by atoms with Gasteiger partial charge in [-0.1, -0.05) is 15.9 Å². The van der Waals surface area contributed by atoms with Gasteiger partial charge >= 0.3 is 0 Å². The Hall–Kier alpha value is -0.530. The second-order valence-electron chi connectivity index (χ2n) is 5.47. The predicted octanol–water partition coefficient (Wildman–Crippen LogP) is 1.73. The molecular formula is C14H22BrFN4. The van der Waals surface area contributed by atoms with Crippen LogP contribution in [0.15, 0.2) is 22.7 Å². The minimum Gasteiger partial charge on any atom is -0.305 e. The van der Waals surface area contributed by atoms with Crippen molar-refractivity contribution in [3.8, 4) is 0 Å². The Labute approximate surface area is 128 Å². The highest BCUT2D eigenvalue weighted by Gasteiger charge is 2.30. The van der Waals surface area contributed by atoms with Crippen LogP contribution in [0.1, 0.15) is 18.0 Å². The second kappa shape index (κ2) is 6.95. The summed E-state index contributed by atoms with van der Waals surface area (Å²) in [5.74, 6) is 5.51. The zero-order valence-electron chi connectivity index (χ0n) is 11.9. The van der Waals surface area contributed by atoms with E-state index in [0.717, 1.165) is 30.5 Å². The van der Waals surface area contributed by atoms with Crippen LogP contribution in [0.4, 0.5) is 4.39 Å². The minimum absolute atomic E-state index is 0.135. The SMILES string of the molecule is CN1CCCN(C)C(C(NN)c2cc(Br)ccc2F)C1. The van der Waals surface area contributed by atoms with Gasteiger partial charge in [-0.3, -0.25) is 11.3 Å². The number of halogens is 2. The van der Waals surface area contributed by atoms with Crippen molar-refractivity contribution in [2.75, 3.05) is 33.7 Å². The fraction of sp³-hybridized carbons (Fsp3) is 0.571. The number of nitrogens with one attached hydrogen (secondary N) is 1. The first-order valence-electron chi connectivity index (χ1n) is 6.82. The van der Waals surface area contributed by atoms with Gasteiger partial charge in [-0.2, -0.15) is 0 Å². The van der Waals surface area contributed by atoms with E-state index in [1.165, 1.54) is 6.07 Å². The van der Waals surface area contributed by atoms with Crippen molar-refractivity contribution in [1.29, 1.82) is 0 Å². The molecule has 2 atom stereocenters. The molecule has 0 bridgehead atoms. The second-order valence-corrected chi connectivity index (χ2v) is 6.39. The van der Waals surface area contributed by atoms with Gasteiger partial charge in [0.05, 0.1) is 6.04 Å². The average Bonchev–Trinajstić information content (AvgIpc) is 2.57. The van der Waals surface area contributed by atoms with E-state index in [-0.39, 0.29) is 17.9 Å². The number of likely N-dealkylation sites (N-methyl/N-ethyl adjacent to an activating group) is 2. The largest absolute Gasteiger partial charge is 0.305 e. The summed E-state index contributed by atoms with van der Waals surface area (Å²) in [7, 11) is 4.17. The summed E-state index contributed by atoms with van der Waals surface area (Å²) >= 11 is 3.40. The summed E-state index contributed by atoms with van der Waals surface area (Å²) in [4.78, 5) is 4.53. The summed E-state index contributed by atoms with van der Waals surface area (Å²) in [5.41, 5.74) is 3.41. The highest BCUT2D eigenvalue weighted by molar-refractivity contribution is 9.10. The molecule has 1 saturated heterocycles. The molecule has 1 aromatic rings. The molecule has 2 unspecified atom stereocenters. The number of hydrogen-bond donors (Lipinski definition) is 2. The molecule has 1 heterocycles. The van der Waals surface area contributed by atoms with E-state index in [0.29, 0.717) is 5.56 Å². The molecule has 1 aliphatic heterocycles. The van der Waals surface area contributed by atoms with E-state index in [4.69, 9.17) is 5.84 Å². The predicted molar refractivity (Wildman–Crippen MR) is 82.7 cm³/mol. The molecule has 4 nitrogen and oxygen atoms in total.